The third-order valence-corrected chi connectivity index (χ3v) is 3.59. The Morgan fingerprint density at radius 2 is 2.29 bits per heavy atom. The maximum atomic E-state index is 14.1. The largest absolute Gasteiger partial charge is 0.464 e. The number of halogens is 1. The number of carbonyl (C=O) groups excluding carboxylic acids is 1. The van der Waals surface area contributed by atoms with Crippen molar-refractivity contribution in [3.05, 3.63) is 59.2 Å². The van der Waals surface area contributed by atoms with Crippen LogP contribution in [0.2, 0.25) is 0 Å². The molecule has 0 aromatic heterocycles. The summed E-state index contributed by atoms with van der Waals surface area (Å²) in [6.45, 7) is 0. The highest BCUT2D eigenvalue weighted by atomic mass is 19.1. The number of rotatable bonds is 1. The van der Waals surface area contributed by atoms with Crippen molar-refractivity contribution in [3.8, 4) is 0 Å². The average Bonchev–Trinajstić information content (AvgIpc) is 2.50. The van der Waals surface area contributed by atoms with Gasteiger partial charge < -0.3 is 14.2 Å². The van der Waals surface area contributed by atoms with Crippen LogP contribution in [0.15, 0.2) is 59.2 Å². The highest BCUT2D eigenvalue weighted by Gasteiger charge is 2.34. The van der Waals surface area contributed by atoms with Crippen molar-refractivity contribution in [2.24, 2.45) is 0 Å². The first kappa shape index (κ1) is 13.8. The summed E-state index contributed by atoms with van der Waals surface area (Å²) in [5.74, 6) is -1.15. The molecular formula is C16H15FO4. The molecule has 0 amide bonds. The van der Waals surface area contributed by atoms with Crippen molar-refractivity contribution < 1.29 is 23.4 Å². The summed E-state index contributed by atoms with van der Waals surface area (Å²) in [5, 5.41) is 0. The molecule has 0 saturated heterocycles. The van der Waals surface area contributed by atoms with E-state index < -0.39 is 24.2 Å². The molecule has 0 aromatic rings. The van der Waals surface area contributed by atoms with Crippen LogP contribution in [0.1, 0.15) is 12.8 Å². The smallest absolute Gasteiger partial charge is 0.376 e. The van der Waals surface area contributed by atoms with Gasteiger partial charge in [0.1, 0.15) is 11.9 Å². The van der Waals surface area contributed by atoms with Gasteiger partial charge in [0, 0.05) is 5.57 Å². The lowest BCUT2D eigenvalue weighted by molar-refractivity contribution is -0.186. The summed E-state index contributed by atoms with van der Waals surface area (Å²) in [7, 11) is 1.23. The molecule has 4 nitrogen and oxygen atoms in total. The van der Waals surface area contributed by atoms with Gasteiger partial charge in [-0.15, -0.1) is 0 Å². The minimum Gasteiger partial charge on any atom is -0.464 e. The Balaban J connectivity index is 2.06. The number of fused-ring (bicyclic) bond motifs is 2. The van der Waals surface area contributed by atoms with Gasteiger partial charge in [-0.25, -0.2) is 9.18 Å². The van der Waals surface area contributed by atoms with E-state index in [4.69, 9.17) is 9.47 Å². The predicted octanol–water partition coefficient (Wildman–Crippen LogP) is 2.85. The number of hydrogen-bond acceptors (Lipinski definition) is 4. The Hall–Kier alpha value is -2.14. The standard InChI is InChI=1S/C16H15FO4/c1-19-15(18)16-20-9-10-5-2-3-6-11(10)12-7-4-8-13(17)14(12)21-16/h2,4-5,7-9,14,16H,3,6H2,1H3/b10-9?,12-11-. The number of carbonyl (C=O) groups is 1. The summed E-state index contributed by atoms with van der Waals surface area (Å²) < 4.78 is 29.6. The maximum Gasteiger partial charge on any atom is 0.376 e. The van der Waals surface area contributed by atoms with Crippen molar-refractivity contribution in [3.63, 3.8) is 0 Å². The third-order valence-electron chi connectivity index (χ3n) is 3.59. The van der Waals surface area contributed by atoms with Crippen LogP contribution >= 0.6 is 0 Å². The maximum absolute atomic E-state index is 14.1. The number of hydrogen-bond donors (Lipinski definition) is 0. The Bertz CT molecular complexity index is 610. The Morgan fingerprint density at radius 1 is 1.43 bits per heavy atom. The van der Waals surface area contributed by atoms with Crippen LogP contribution in [-0.2, 0) is 19.0 Å². The van der Waals surface area contributed by atoms with E-state index in [2.05, 4.69) is 4.74 Å². The molecule has 2 unspecified atom stereocenters. The highest BCUT2D eigenvalue weighted by molar-refractivity contribution is 5.73. The molecule has 3 aliphatic rings. The fourth-order valence-corrected chi connectivity index (χ4v) is 2.57. The van der Waals surface area contributed by atoms with Crippen molar-refractivity contribution in [2.45, 2.75) is 25.2 Å². The molecule has 3 rings (SSSR count). The number of esters is 1. The molecular weight excluding hydrogens is 275 g/mol. The Morgan fingerprint density at radius 3 is 3.10 bits per heavy atom. The van der Waals surface area contributed by atoms with E-state index >= 15 is 0 Å². The van der Waals surface area contributed by atoms with E-state index in [0.717, 1.165) is 29.6 Å². The zero-order chi connectivity index (χ0) is 14.8. The molecule has 0 aromatic carbocycles. The van der Waals surface area contributed by atoms with Crippen molar-refractivity contribution in [1.29, 1.82) is 0 Å². The van der Waals surface area contributed by atoms with Crippen LogP contribution in [0.5, 0.6) is 0 Å². The SMILES string of the molecule is COC(=O)C1OC=C2C=CCC/C2=C2\C=CC=C(F)C2O1. The first-order valence-corrected chi connectivity index (χ1v) is 6.73. The lowest BCUT2D eigenvalue weighted by atomic mass is 9.87. The van der Waals surface area contributed by atoms with Gasteiger partial charge in [-0.3, -0.25) is 0 Å². The molecule has 0 saturated carbocycles. The first-order chi connectivity index (χ1) is 10.2. The van der Waals surface area contributed by atoms with E-state index in [9.17, 15) is 9.18 Å². The van der Waals surface area contributed by atoms with Gasteiger partial charge in [0.25, 0.3) is 6.29 Å². The molecule has 0 N–H and O–H groups in total. The van der Waals surface area contributed by atoms with Gasteiger partial charge in [-0.1, -0.05) is 24.3 Å². The zero-order valence-electron chi connectivity index (χ0n) is 11.5. The first-order valence-electron chi connectivity index (χ1n) is 6.73. The number of methoxy groups -OCH3 is 1. The van der Waals surface area contributed by atoms with Gasteiger partial charge in [-0.05, 0) is 30.1 Å². The molecule has 1 heterocycles. The second kappa shape index (κ2) is 5.69. The molecule has 21 heavy (non-hydrogen) atoms. The minimum absolute atomic E-state index is 0.451. The highest BCUT2D eigenvalue weighted by Crippen LogP contribution is 2.36. The molecule has 5 heteroatoms. The average molecular weight is 290 g/mol. The quantitative estimate of drug-likeness (QED) is 0.697. The zero-order valence-corrected chi connectivity index (χ0v) is 11.5. The van der Waals surface area contributed by atoms with Crippen LogP contribution in [-0.4, -0.2) is 25.5 Å². The molecule has 0 spiro atoms. The van der Waals surface area contributed by atoms with Crippen molar-refractivity contribution >= 4 is 5.97 Å². The van der Waals surface area contributed by atoms with E-state index in [0.29, 0.717) is 0 Å². The molecule has 2 aliphatic carbocycles. The second-order valence-corrected chi connectivity index (χ2v) is 4.87. The third kappa shape index (κ3) is 2.56. The van der Waals surface area contributed by atoms with Gasteiger partial charge in [0.2, 0.25) is 0 Å². The fraction of sp³-hybridized carbons (Fsp3) is 0.312. The summed E-state index contributed by atoms with van der Waals surface area (Å²) in [6.07, 6.45) is 9.61. The molecule has 1 aliphatic heterocycles. The van der Waals surface area contributed by atoms with Gasteiger partial charge in [0.05, 0.1) is 13.4 Å². The summed E-state index contributed by atoms with van der Waals surface area (Å²) in [5.41, 5.74) is 2.53. The van der Waals surface area contributed by atoms with Crippen molar-refractivity contribution in [2.75, 3.05) is 7.11 Å². The van der Waals surface area contributed by atoms with Gasteiger partial charge in [0.15, 0.2) is 0 Å². The molecule has 2 atom stereocenters. The molecule has 110 valence electrons. The van der Waals surface area contributed by atoms with Crippen LogP contribution < -0.4 is 0 Å². The fourth-order valence-electron chi connectivity index (χ4n) is 2.57. The normalized spacial score (nSPS) is 31.0. The summed E-state index contributed by atoms with van der Waals surface area (Å²) in [4.78, 5) is 11.7. The predicted molar refractivity (Wildman–Crippen MR) is 73.6 cm³/mol. The van der Waals surface area contributed by atoms with Crippen LogP contribution in [0.25, 0.3) is 0 Å². The Labute approximate surface area is 121 Å². The molecule has 0 fully saturated rings. The number of ether oxygens (including phenoxy) is 3. The van der Waals surface area contributed by atoms with Gasteiger partial charge in [-0.2, -0.15) is 0 Å². The lowest BCUT2D eigenvalue weighted by Crippen LogP contribution is -2.35. The monoisotopic (exact) mass is 290 g/mol. The molecule has 0 bridgehead atoms. The summed E-state index contributed by atoms with van der Waals surface area (Å²) >= 11 is 0. The lowest BCUT2D eigenvalue weighted by Gasteiger charge is -2.30. The molecule has 0 radical (unpaired) electrons. The Kier molecular flexibility index (Phi) is 3.75. The van der Waals surface area contributed by atoms with E-state index in [-0.39, 0.29) is 0 Å². The van der Waals surface area contributed by atoms with Gasteiger partial charge >= 0.3 is 5.97 Å². The van der Waals surface area contributed by atoms with Crippen LogP contribution in [0.4, 0.5) is 4.39 Å². The second-order valence-electron chi connectivity index (χ2n) is 4.87. The minimum atomic E-state index is -1.29. The van der Waals surface area contributed by atoms with E-state index in [1.165, 1.54) is 19.4 Å². The van der Waals surface area contributed by atoms with E-state index in [1.54, 1.807) is 6.08 Å². The van der Waals surface area contributed by atoms with E-state index in [1.807, 2.05) is 18.2 Å². The number of allylic oxidation sites excluding steroid dienone is 6. The van der Waals surface area contributed by atoms with Crippen LogP contribution in [0, 0.1) is 0 Å². The van der Waals surface area contributed by atoms with Crippen molar-refractivity contribution in [1.82, 2.24) is 0 Å². The summed E-state index contributed by atoms with van der Waals surface area (Å²) in [6, 6.07) is 0. The topological polar surface area (TPSA) is 44.8 Å². The van der Waals surface area contributed by atoms with Crippen LogP contribution in [0.3, 0.4) is 0 Å².